The topological polar surface area (TPSA) is 77.8 Å². The Balaban J connectivity index is 1.33. The fourth-order valence-electron chi connectivity index (χ4n) is 3.77. The van der Waals surface area contributed by atoms with Gasteiger partial charge >= 0.3 is 0 Å². The highest BCUT2D eigenvalue weighted by Gasteiger charge is 2.24. The van der Waals surface area contributed by atoms with Gasteiger partial charge in [-0.2, -0.15) is 5.10 Å². The first-order valence-corrected chi connectivity index (χ1v) is 10.3. The number of hydrogen-bond donors (Lipinski definition) is 1. The molecule has 0 radical (unpaired) electrons. The van der Waals surface area contributed by atoms with Crippen LogP contribution in [0.3, 0.4) is 0 Å². The van der Waals surface area contributed by atoms with Crippen molar-refractivity contribution in [3.8, 4) is 22.8 Å². The minimum absolute atomic E-state index is 0.164. The van der Waals surface area contributed by atoms with E-state index in [1.807, 2.05) is 42.5 Å². The second-order valence-electron chi connectivity index (χ2n) is 8.90. The van der Waals surface area contributed by atoms with E-state index in [2.05, 4.69) is 42.2 Å². The van der Waals surface area contributed by atoms with E-state index in [1.165, 1.54) is 0 Å². The fraction of sp³-hybridized carbons (Fsp3) is 0.292. The third-order valence-electron chi connectivity index (χ3n) is 5.70. The molecule has 158 valence electrons. The molecule has 7 nitrogen and oxygen atoms in total. The lowest BCUT2D eigenvalue weighted by Crippen LogP contribution is -2.21. The number of hydrogen-bond acceptors (Lipinski definition) is 5. The number of nitrogens with one attached hydrogen (secondary N) is 1. The van der Waals surface area contributed by atoms with Crippen LogP contribution in [0.4, 0.5) is 5.82 Å². The highest BCUT2D eigenvalue weighted by Crippen LogP contribution is 2.35. The van der Waals surface area contributed by atoms with E-state index in [4.69, 9.17) is 9.47 Å². The number of carbonyl (C=O) groups excluding carboxylic acids is 1. The lowest BCUT2D eigenvalue weighted by atomic mass is 9.76. The molecule has 1 atom stereocenters. The Morgan fingerprint density at radius 2 is 2.00 bits per heavy atom. The van der Waals surface area contributed by atoms with Crippen LogP contribution >= 0.6 is 0 Å². The number of carbonyl (C=O) groups is 1. The minimum Gasteiger partial charge on any atom is -0.454 e. The zero-order valence-electron chi connectivity index (χ0n) is 17.8. The van der Waals surface area contributed by atoms with Gasteiger partial charge in [-0.3, -0.25) is 4.79 Å². The predicted octanol–water partition coefficient (Wildman–Crippen LogP) is 4.61. The van der Waals surface area contributed by atoms with Crippen LogP contribution in [0.25, 0.3) is 16.9 Å². The number of nitrogens with zero attached hydrogens (tertiary/aromatic N) is 3. The molecule has 0 bridgehead atoms. The SMILES string of the molecule is CC(C)(C)C1C=CC(C(=O)Nc2cn3nc(-c4ccc5c(c4)OCO5)ccc3n2)=CC1. The fourth-order valence-corrected chi connectivity index (χ4v) is 3.77. The molecule has 1 aliphatic carbocycles. The summed E-state index contributed by atoms with van der Waals surface area (Å²) in [7, 11) is 0. The first-order chi connectivity index (χ1) is 14.9. The molecule has 5 rings (SSSR count). The molecule has 1 aromatic carbocycles. The van der Waals surface area contributed by atoms with Crippen molar-refractivity contribution in [2.24, 2.45) is 11.3 Å². The molecular formula is C24H24N4O3. The summed E-state index contributed by atoms with van der Waals surface area (Å²) in [5.41, 5.74) is 3.17. The molecule has 2 aromatic heterocycles. The number of imidazole rings is 1. The van der Waals surface area contributed by atoms with E-state index in [0.717, 1.165) is 23.4 Å². The summed E-state index contributed by atoms with van der Waals surface area (Å²) < 4.78 is 12.5. The largest absolute Gasteiger partial charge is 0.454 e. The van der Waals surface area contributed by atoms with Crippen LogP contribution in [-0.4, -0.2) is 27.3 Å². The second-order valence-corrected chi connectivity index (χ2v) is 8.90. The van der Waals surface area contributed by atoms with Crippen molar-refractivity contribution in [2.75, 3.05) is 12.1 Å². The Morgan fingerprint density at radius 1 is 1.16 bits per heavy atom. The lowest BCUT2D eigenvalue weighted by Gasteiger charge is -2.29. The number of ether oxygens (including phenoxy) is 2. The molecule has 0 fully saturated rings. The average molecular weight is 416 g/mol. The van der Waals surface area contributed by atoms with Gasteiger partial charge in [0.1, 0.15) is 0 Å². The molecule has 7 heteroatoms. The summed E-state index contributed by atoms with van der Waals surface area (Å²) in [6, 6.07) is 9.48. The summed E-state index contributed by atoms with van der Waals surface area (Å²) in [4.78, 5) is 17.1. The van der Waals surface area contributed by atoms with Gasteiger partial charge in [0.15, 0.2) is 23.0 Å². The molecular weight excluding hydrogens is 392 g/mol. The van der Waals surface area contributed by atoms with Gasteiger partial charge in [-0.1, -0.05) is 39.0 Å². The molecule has 3 aromatic rings. The van der Waals surface area contributed by atoms with Crippen molar-refractivity contribution in [3.05, 3.63) is 60.3 Å². The summed E-state index contributed by atoms with van der Waals surface area (Å²) in [5, 5.41) is 7.51. The van der Waals surface area contributed by atoms with Crippen molar-refractivity contribution in [1.82, 2.24) is 14.6 Å². The van der Waals surface area contributed by atoms with Crippen LogP contribution in [0.15, 0.2) is 60.3 Å². The van der Waals surface area contributed by atoms with Crippen LogP contribution in [0.2, 0.25) is 0 Å². The number of fused-ring (bicyclic) bond motifs is 2. The zero-order valence-corrected chi connectivity index (χ0v) is 17.8. The average Bonchev–Trinajstić information content (AvgIpc) is 3.38. The van der Waals surface area contributed by atoms with Crippen LogP contribution in [0, 0.1) is 11.3 Å². The van der Waals surface area contributed by atoms with Crippen LogP contribution in [0.5, 0.6) is 11.5 Å². The maximum absolute atomic E-state index is 12.7. The quantitative estimate of drug-likeness (QED) is 0.675. The minimum atomic E-state index is -0.164. The van der Waals surface area contributed by atoms with Crippen molar-refractivity contribution < 1.29 is 14.3 Å². The Bertz CT molecular complexity index is 1230. The maximum atomic E-state index is 12.7. The van der Waals surface area contributed by atoms with Gasteiger partial charge in [-0.05, 0) is 48.1 Å². The summed E-state index contributed by atoms with van der Waals surface area (Å²) in [6.07, 6.45) is 8.60. The predicted molar refractivity (Wildman–Crippen MR) is 118 cm³/mol. The molecule has 0 saturated heterocycles. The van der Waals surface area contributed by atoms with E-state index in [9.17, 15) is 4.79 Å². The number of benzene rings is 1. The highest BCUT2D eigenvalue weighted by molar-refractivity contribution is 6.05. The number of allylic oxidation sites excluding steroid dienone is 2. The molecule has 1 aliphatic heterocycles. The number of aromatic nitrogens is 3. The van der Waals surface area contributed by atoms with Gasteiger partial charge in [0.05, 0.1) is 11.9 Å². The monoisotopic (exact) mass is 416 g/mol. The van der Waals surface area contributed by atoms with E-state index in [1.54, 1.807) is 10.7 Å². The molecule has 2 aliphatic rings. The van der Waals surface area contributed by atoms with E-state index in [-0.39, 0.29) is 18.1 Å². The molecule has 0 spiro atoms. The highest BCUT2D eigenvalue weighted by atomic mass is 16.7. The van der Waals surface area contributed by atoms with E-state index in [0.29, 0.717) is 28.7 Å². The molecule has 1 amide bonds. The molecule has 1 unspecified atom stereocenters. The normalized spacial score (nSPS) is 17.6. The van der Waals surface area contributed by atoms with Crippen LogP contribution < -0.4 is 14.8 Å². The standard InChI is InChI=1S/C24H24N4O3/c1-24(2,3)17-7-4-15(5-8-17)23(29)26-21-13-28-22(25-21)11-9-18(27-28)16-6-10-19-20(12-16)31-14-30-19/h4-7,9-13,17H,8,14H2,1-3H3,(H,26,29). The number of rotatable bonds is 3. The van der Waals surface area contributed by atoms with Gasteiger partial charge in [0.2, 0.25) is 6.79 Å². The van der Waals surface area contributed by atoms with E-state index >= 15 is 0 Å². The van der Waals surface area contributed by atoms with Gasteiger partial charge in [-0.25, -0.2) is 9.50 Å². The smallest absolute Gasteiger partial charge is 0.256 e. The summed E-state index contributed by atoms with van der Waals surface area (Å²) >= 11 is 0. The molecule has 1 N–H and O–H groups in total. The van der Waals surface area contributed by atoms with Gasteiger partial charge < -0.3 is 14.8 Å². The molecule has 0 saturated carbocycles. The Morgan fingerprint density at radius 3 is 2.77 bits per heavy atom. The first kappa shape index (κ1) is 19.4. The van der Waals surface area contributed by atoms with Gasteiger partial charge in [0.25, 0.3) is 5.91 Å². The van der Waals surface area contributed by atoms with Gasteiger partial charge in [-0.15, -0.1) is 0 Å². The zero-order chi connectivity index (χ0) is 21.6. The molecule has 3 heterocycles. The summed E-state index contributed by atoms with van der Waals surface area (Å²) in [5.74, 6) is 2.17. The third-order valence-corrected chi connectivity index (χ3v) is 5.70. The van der Waals surface area contributed by atoms with Crippen molar-refractivity contribution in [1.29, 1.82) is 0 Å². The van der Waals surface area contributed by atoms with Crippen LogP contribution in [-0.2, 0) is 4.79 Å². The van der Waals surface area contributed by atoms with Gasteiger partial charge in [0, 0.05) is 11.1 Å². The third kappa shape index (κ3) is 3.79. The van der Waals surface area contributed by atoms with E-state index < -0.39 is 0 Å². The lowest BCUT2D eigenvalue weighted by molar-refractivity contribution is -0.112. The van der Waals surface area contributed by atoms with Crippen LogP contribution in [0.1, 0.15) is 27.2 Å². The van der Waals surface area contributed by atoms with Crippen molar-refractivity contribution in [2.45, 2.75) is 27.2 Å². The van der Waals surface area contributed by atoms with Crippen molar-refractivity contribution >= 4 is 17.4 Å². The maximum Gasteiger partial charge on any atom is 0.256 e. The van der Waals surface area contributed by atoms with Crippen molar-refractivity contribution in [3.63, 3.8) is 0 Å². The number of amides is 1. The summed E-state index contributed by atoms with van der Waals surface area (Å²) in [6.45, 7) is 6.87. The second kappa shape index (κ2) is 7.27. The molecule has 31 heavy (non-hydrogen) atoms. The Hall–Kier alpha value is -3.61. The first-order valence-electron chi connectivity index (χ1n) is 10.3. The number of anilines is 1. The Kier molecular flexibility index (Phi) is 4.54. The Labute approximate surface area is 180 Å².